The van der Waals surface area contributed by atoms with Gasteiger partial charge in [0, 0.05) is 92.8 Å². The van der Waals surface area contributed by atoms with Crippen LogP contribution in [0.3, 0.4) is 0 Å². The molecule has 9 aromatic carbocycles. The van der Waals surface area contributed by atoms with Gasteiger partial charge in [-0.3, -0.25) is 57.6 Å². The van der Waals surface area contributed by atoms with E-state index in [0.29, 0.717) is 56.2 Å². The van der Waals surface area contributed by atoms with Crippen molar-refractivity contribution >= 4 is 247 Å². The molecule has 0 radical (unpaired) electrons. The van der Waals surface area contributed by atoms with Crippen LogP contribution in [0.15, 0.2) is 339 Å². The van der Waals surface area contributed by atoms with Crippen molar-refractivity contribution in [3.63, 3.8) is 0 Å². The van der Waals surface area contributed by atoms with Gasteiger partial charge in [-0.15, -0.1) is 22.7 Å². The Morgan fingerprint density at radius 3 is 1.39 bits per heavy atom. The summed E-state index contributed by atoms with van der Waals surface area (Å²) >= 11 is 23.1. The highest BCUT2D eigenvalue weighted by atomic mass is 35.5. The van der Waals surface area contributed by atoms with Gasteiger partial charge in [0.2, 0.25) is 0 Å². The number of anilines is 5. The summed E-state index contributed by atoms with van der Waals surface area (Å²) in [6, 6.07) is 78.6. The van der Waals surface area contributed by atoms with Crippen LogP contribution < -0.4 is 71.0 Å². The lowest BCUT2D eigenvalue weighted by atomic mass is 10.2. The first-order valence-electron chi connectivity index (χ1n) is 43.5. The highest BCUT2D eigenvalue weighted by molar-refractivity contribution is 8.20. The first-order valence-corrected chi connectivity index (χ1v) is 52.9. The lowest BCUT2D eigenvalue weighted by Crippen LogP contribution is -3.00. The largest absolute Gasteiger partial charge is 1.00 e. The SMILES string of the molecule is CCN1C(=O)/C(=C2\Sc3cc(C)ccc3N2C)SC1=Nc1ccccc1.CCN1C(=O)/C(=C2\Sc3cccc(F)c3N2C)SC1=Nc1ccccc1.CCN1C(=O)/C(=C2\Sc3ccccc3N2C)SC1=Nc1ccccc1.CCn1c(=O)/c(=C2\Sc3c(Cl)cccc3N2C)s/c1=C\c1scc[n+]1Cc1ccccc1.COC(=O)Cn1c(=O)/c(=C2\Sc3ccccc3N2C)s/c1=C\c1ccccn1.[Cl-]. The minimum Gasteiger partial charge on any atom is -1.00 e. The molecular weight excluding hydrogens is 1990 g/mol. The number of nitrogens with zero attached hydrogens (tertiary/aromatic N) is 15. The molecular formula is C102H90Cl2FN15O7S11. The fourth-order valence-corrected chi connectivity index (χ4v) is 28.7. The maximum Gasteiger partial charge on any atom is 0.325 e. The maximum absolute atomic E-state index is 14.2. The second-order valence-electron chi connectivity index (χ2n) is 31.0. The van der Waals surface area contributed by atoms with Gasteiger partial charge >= 0.3 is 5.97 Å². The summed E-state index contributed by atoms with van der Waals surface area (Å²) in [5.41, 5.74) is 10.5. The number of amidine groups is 3. The molecule has 3 amide bonds. The molecule has 702 valence electrons. The predicted molar refractivity (Wildman–Crippen MR) is 571 cm³/mol. The maximum atomic E-state index is 14.2. The number of aromatic nitrogens is 4. The van der Waals surface area contributed by atoms with E-state index in [1.54, 1.807) is 109 Å². The fourth-order valence-electron chi connectivity index (χ4n) is 15.3. The molecule has 21 rings (SSSR count). The number of methoxy groups -OCH3 is 1. The number of aryl methyl sites for hydroxylation is 1. The number of amides is 3. The number of hydrogen-bond acceptors (Lipinski definition) is 27. The number of thioether (sulfide) groups is 8. The van der Waals surface area contributed by atoms with E-state index in [9.17, 15) is 33.2 Å². The van der Waals surface area contributed by atoms with Crippen LogP contribution in [0.2, 0.25) is 5.02 Å². The van der Waals surface area contributed by atoms with E-state index < -0.39 is 5.97 Å². The van der Waals surface area contributed by atoms with Gasteiger partial charge in [0.1, 0.15) is 55.5 Å². The summed E-state index contributed by atoms with van der Waals surface area (Å²) in [7, 11) is 11.1. The standard InChI is InChI=1S/C24H21ClN3OS3.C20H17N3O3S2.C20H19N3OS2.C19H16FN3OS2.C19H17N3OS2.ClH/c1-3-28-20(14-19-27(12-13-30-19)15-16-8-5-4-6-9-16)31-22(23(28)29)24-26(2)18-11-7-10-17(25)21(18)32-24;1-22-14-8-3-4-9-15(14)27-20(22)18-19(25)23(12-17(24)26-2)16(28-18)11-13-7-5-6-10-21-13;1-4-23-18(24)17(26-20(23)21-14-8-6-5-7-9-14)19-22(3)15-11-10-13(2)12-16(15)25-19;1-3-23-17(24)16(26-19(23)21-12-8-5-4-6-9-12)18-22(2)15-13(20)10-7-11-14(15)25-18;1-3-22-17(23)16(25-19(22)20-13-9-5-4-6-10-13)18-21(2)14-11-7-8-12-15(14)24-18;/h4-14H,3,15H2,1-2H3;3-11H,12H2,1-2H3;5-12H,4H2,1-3H3;4-11H,3H2,1-2H3;4-12H,3H2,1-2H3;1H/q+1;;;;;/p-1/b24-22+;16-11-,20-18+;19-17+,21-20?;18-16+,21-19?;18-16+,20-19?;. The zero-order valence-electron chi connectivity index (χ0n) is 76.4. The van der Waals surface area contributed by atoms with Gasteiger partial charge in [0.05, 0.1) is 94.8 Å². The molecule has 0 spiro atoms. The Labute approximate surface area is 855 Å². The van der Waals surface area contributed by atoms with Crippen molar-refractivity contribution in [3.8, 4) is 0 Å². The molecule has 36 heteroatoms. The Morgan fingerprint density at radius 2 is 0.891 bits per heavy atom. The van der Waals surface area contributed by atoms with Crippen molar-refractivity contribution in [1.82, 2.24) is 28.8 Å². The number of para-hydroxylation sites is 6. The number of aliphatic imine (C=N–C) groups is 3. The average Bonchev–Trinajstić information content (AvgIpc) is 1.57. The Hall–Kier alpha value is -11.5. The highest BCUT2D eigenvalue weighted by Crippen LogP contribution is 2.55. The van der Waals surface area contributed by atoms with Crippen molar-refractivity contribution < 1.29 is 45.3 Å². The topological polar surface area (TPSA) is 201 Å². The van der Waals surface area contributed by atoms with E-state index >= 15 is 0 Å². The molecule has 13 aromatic rings. The lowest BCUT2D eigenvalue weighted by Gasteiger charge is -2.15. The number of thiazole rings is 3. The van der Waals surface area contributed by atoms with Crippen LogP contribution in [0, 0.1) is 12.7 Å². The summed E-state index contributed by atoms with van der Waals surface area (Å²) in [4.78, 5) is 118. The molecule has 0 bridgehead atoms. The van der Waals surface area contributed by atoms with Gasteiger partial charge in [-0.2, -0.15) is 4.57 Å². The molecule has 0 unspecified atom stereocenters. The molecule has 3 saturated heterocycles. The third-order valence-electron chi connectivity index (χ3n) is 22.3. The quantitative estimate of drug-likeness (QED) is 0.0598. The number of carbonyl (C=O) groups is 4. The van der Waals surface area contributed by atoms with E-state index in [4.69, 9.17) is 21.3 Å². The number of benzene rings is 9. The number of likely N-dealkylation sites (N-methyl/N-ethyl adjacent to an activating group) is 3. The lowest BCUT2D eigenvalue weighted by molar-refractivity contribution is -0.685. The molecule has 22 nitrogen and oxygen atoms in total. The van der Waals surface area contributed by atoms with Crippen LogP contribution in [0.4, 0.5) is 49.9 Å². The van der Waals surface area contributed by atoms with Crippen molar-refractivity contribution in [3.05, 3.63) is 362 Å². The van der Waals surface area contributed by atoms with Gasteiger partial charge in [-0.25, -0.2) is 19.4 Å². The van der Waals surface area contributed by atoms with E-state index in [1.807, 2.05) is 247 Å². The minimum absolute atomic E-state index is 0. The fraction of sp³-hybridized carbons (Fsp3) is 0.167. The van der Waals surface area contributed by atoms with E-state index in [2.05, 4.69) is 113 Å². The number of rotatable bonds is 13. The second-order valence-corrected chi connectivity index (χ2v) is 42.4. The number of halogens is 3. The van der Waals surface area contributed by atoms with Crippen LogP contribution in [0.25, 0.3) is 22.2 Å². The molecule has 138 heavy (non-hydrogen) atoms. The smallest absolute Gasteiger partial charge is 0.325 e. The first-order chi connectivity index (χ1) is 66.5. The Balaban J connectivity index is 0.000000125. The average molecular weight is 2080 g/mol. The normalized spacial score (nSPS) is 18.6. The van der Waals surface area contributed by atoms with Crippen molar-refractivity contribution in [1.29, 1.82) is 0 Å². The van der Waals surface area contributed by atoms with E-state index in [1.165, 1.54) is 97.0 Å². The van der Waals surface area contributed by atoms with Crippen LogP contribution in [0.1, 0.15) is 49.5 Å². The van der Waals surface area contributed by atoms with Crippen LogP contribution >= 0.6 is 140 Å². The van der Waals surface area contributed by atoms with Crippen LogP contribution in [0.5, 0.6) is 0 Å². The summed E-state index contributed by atoms with van der Waals surface area (Å²) in [5, 5.41) is 10.6. The van der Waals surface area contributed by atoms with Gasteiger partial charge in [0.15, 0.2) is 28.2 Å². The van der Waals surface area contributed by atoms with Crippen molar-refractivity contribution in [2.75, 3.05) is 86.5 Å². The van der Waals surface area contributed by atoms with Gasteiger partial charge < -0.3 is 41.6 Å². The number of esters is 1. The third kappa shape index (κ3) is 21.2. The summed E-state index contributed by atoms with van der Waals surface area (Å²) in [5.74, 6) is -0.776. The Morgan fingerprint density at radius 1 is 0.457 bits per heavy atom. The van der Waals surface area contributed by atoms with Gasteiger partial charge in [-0.05, 0) is 191 Å². The number of fused-ring (bicyclic) bond motifs is 5. The molecule has 0 aliphatic carbocycles. The van der Waals surface area contributed by atoms with Gasteiger partial charge in [-0.1, -0.05) is 215 Å². The van der Waals surface area contributed by atoms with Crippen molar-refractivity contribution in [2.45, 2.75) is 78.7 Å². The number of pyridine rings is 1. The molecule has 8 aliphatic heterocycles. The van der Waals surface area contributed by atoms with Crippen molar-refractivity contribution in [2.24, 2.45) is 15.0 Å². The van der Waals surface area contributed by atoms with Gasteiger partial charge in [0.25, 0.3) is 33.8 Å². The zero-order chi connectivity index (χ0) is 95.8. The monoisotopic (exact) mass is 2080 g/mol. The van der Waals surface area contributed by atoms with E-state index in [0.717, 1.165) is 126 Å². The molecule has 8 aliphatic rings. The first kappa shape index (κ1) is 99.5. The summed E-state index contributed by atoms with van der Waals surface area (Å²) in [6.45, 7) is 13.0. The number of carbonyl (C=O) groups excluding carboxylic acids is 4. The third-order valence-corrected chi connectivity index (χ3v) is 35.9. The minimum atomic E-state index is -0.470. The predicted octanol–water partition coefficient (Wildman–Crippen LogP) is 17.2. The van der Waals surface area contributed by atoms with Crippen LogP contribution in [-0.2, 0) is 43.5 Å². The second kappa shape index (κ2) is 44.8. The molecule has 0 atom stereocenters. The van der Waals surface area contributed by atoms with E-state index in [-0.39, 0.29) is 53.6 Å². The Bertz CT molecular complexity index is 7490. The highest BCUT2D eigenvalue weighted by Gasteiger charge is 2.43. The number of ether oxygens (including phenoxy) is 1. The molecule has 0 saturated carbocycles. The Kier molecular flexibility index (Phi) is 32.3. The summed E-state index contributed by atoms with van der Waals surface area (Å²) < 4.78 is 27.5. The molecule has 12 heterocycles. The molecule has 3 fully saturated rings. The molecule has 4 aromatic heterocycles. The van der Waals surface area contributed by atoms with Crippen LogP contribution in [-0.4, -0.2) is 130 Å². The summed E-state index contributed by atoms with van der Waals surface area (Å²) in [6.07, 6.45) is 7.73. The number of hydrogen-bond donors (Lipinski definition) is 0. The zero-order valence-corrected chi connectivity index (χ0v) is 86.9. The molecule has 0 N–H and O–H groups in total.